The molecule has 3 rings (SSSR count). The largest absolute Gasteiger partial charge is 0.490 e. The van der Waals surface area contributed by atoms with Crippen molar-refractivity contribution in [3.8, 4) is 17.6 Å². The summed E-state index contributed by atoms with van der Waals surface area (Å²) in [4.78, 5) is 24.7. The fourth-order valence-corrected chi connectivity index (χ4v) is 3.25. The molecule has 0 atom stereocenters. The van der Waals surface area contributed by atoms with E-state index in [0.717, 1.165) is 0 Å². The van der Waals surface area contributed by atoms with E-state index in [4.69, 9.17) is 21.1 Å². The molecule has 0 aliphatic heterocycles. The normalized spacial score (nSPS) is 10.7. The minimum atomic E-state index is -0.578. The molecule has 35 heavy (non-hydrogen) atoms. The number of nitrogens with one attached hydrogen (secondary N) is 2. The number of ether oxygens (including phenoxy) is 2. The number of benzene rings is 3. The van der Waals surface area contributed by atoms with Gasteiger partial charge < -0.3 is 20.1 Å². The van der Waals surface area contributed by atoms with Crippen LogP contribution in [-0.2, 0) is 9.59 Å². The summed E-state index contributed by atoms with van der Waals surface area (Å²) in [7, 11) is 0. The van der Waals surface area contributed by atoms with E-state index in [1.807, 2.05) is 12.1 Å². The average Bonchev–Trinajstić information content (AvgIpc) is 2.84. The molecule has 2 N–H and O–H groups in total. The van der Waals surface area contributed by atoms with E-state index < -0.39 is 17.6 Å². The van der Waals surface area contributed by atoms with E-state index in [-0.39, 0.29) is 35.3 Å². The first-order valence-electron chi connectivity index (χ1n) is 10.5. The van der Waals surface area contributed by atoms with Gasteiger partial charge >= 0.3 is 0 Å². The molecule has 2 amide bonds. The van der Waals surface area contributed by atoms with E-state index in [9.17, 15) is 19.2 Å². The Morgan fingerprint density at radius 2 is 1.71 bits per heavy atom. The van der Waals surface area contributed by atoms with Gasteiger partial charge in [-0.1, -0.05) is 29.8 Å². The highest BCUT2D eigenvalue weighted by Crippen LogP contribution is 2.37. The maximum absolute atomic E-state index is 13.0. The molecule has 0 unspecified atom stereocenters. The van der Waals surface area contributed by atoms with Gasteiger partial charge in [-0.15, -0.1) is 0 Å². The number of nitrogens with zero attached hydrogens (tertiary/aromatic N) is 1. The van der Waals surface area contributed by atoms with Gasteiger partial charge in [0.25, 0.3) is 11.8 Å². The number of hydrogen-bond donors (Lipinski definition) is 2. The predicted molar refractivity (Wildman–Crippen MR) is 132 cm³/mol. The topological polar surface area (TPSA) is 100 Å². The number of carbonyl (C=O) groups is 2. The van der Waals surface area contributed by atoms with Crippen LogP contribution < -0.4 is 20.1 Å². The Balaban J connectivity index is 1.76. The second kappa shape index (κ2) is 12.2. The number of carbonyl (C=O) groups excluding carboxylic acids is 2. The van der Waals surface area contributed by atoms with Crippen molar-refractivity contribution in [1.82, 2.24) is 0 Å². The van der Waals surface area contributed by atoms with Crippen LogP contribution in [0.3, 0.4) is 0 Å². The van der Waals surface area contributed by atoms with E-state index >= 15 is 0 Å². The van der Waals surface area contributed by atoms with Gasteiger partial charge in [-0.05, 0) is 67.1 Å². The molecular formula is C26H21ClFN3O4. The monoisotopic (exact) mass is 493 g/mol. The van der Waals surface area contributed by atoms with Crippen LogP contribution in [0.25, 0.3) is 6.08 Å². The number of nitriles is 1. The Morgan fingerprint density at radius 1 is 1.03 bits per heavy atom. The van der Waals surface area contributed by atoms with E-state index in [1.165, 1.54) is 36.4 Å². The van der Waals surface area contributed by atoms with Crippen molar-refractivity contribution < 1.29 is 23.5 Å². The third-order valence-electron chi connectivity index (χ3n) is 4.52. The number of hydrogen-bond acceptors (Lipinski definition) is 5. The van der Waals surface area contributed by atoms with Crippen LogP contribution in [0.15, 0.2) is 72.3 Å². The Kier molecular flexibility index (Phi) is 8.82. The highest BCUT2D eigenvalue weighted by Gasteiger charge is 2.16. The van der Waals surface area contributed by atoms with Crippen LogP contribution in [0.2, 0.25) is 5.02 Å². The molecule has 3 aromatic rings. The minimum absolute atomic E-state index is 0.123. The molecule has 3 aromatic carbocycles. The summed E-state index contributed by atoms with van der Waals surface area (Å²) in [6.45, 7) is 1.66. The summed E-state index contributed by atoms with van der Waals surface area (Å²) in [6.07, 6.45) is 1.37. The lowest BCUT2D eigenvalue weighted by atomic mass is 10.1. The van der Waals surface area contributed by atoms with Gasteiger partial charge in [0.15, 0.2) is 18.1 Å². The molecule has 0 fully saturated rings. The van der Waals surface area contributed by atoms with Gasteiger partial charge in [0.2, 0.25) is 0 Å². The molecule has 0 bridgehead atoms. The second-order valence-electron chi connectivity index (χ2n) is 7.10. The van der Waals surface area contributed by atoms with Crippen molar-refractivity contribution in [2.75, 3.05) is 23.8 Å². The van der Waals surface area contributed by atoms with Crippen molar-refractivity contribution in [1.29, 1.82) is 5.26 Å². The van der Waals surface area contributed by atoms with E-state index in [2.05, 4.69) is 10.6 Å². The Hall–Kier alpha value is -4.35. The Bertz CT molecular complexity index is 1270. The minimum Gasteiger partial charge on any atom is -0.490 e. The van der Waals surface area contributed by atoms with Gasteiger partial charge in [0, 0.05) is 11.4 Å². The van der Waals surface area contributed by atoms with Gasteiger partial charge in [-0.3, -0.25) is 9.59 Å². The summed E-state index contributed by atoms with van der Waals surface area (Å²) < 4.78 is 24.2. The van der Waals surface area contributed by atoms with Crippen LogP contribution in [-0.4, -0.2) is 25.0 Å². The van der Waals surface area contributed by atoms with Gasteiger partial charge in [-0.2, -0.15) is 5.26 Å². The van der Waals surface area contributed by atoms with Crippen LogP contribution >= 0.6 is 11.6 Å². The lowest BCUT2D eigenvalue weighted by molar-refractivity contribution is -0.118. The maximum Gasteiger partial charge on any atom is 0.266 e. The molecule has 7 nitrogen and oxygen atoms in total. The summed E-state index contributed by atoms with van der Waals surface area (Å²) in [6, 6.07) is 19.0. The van der Waals surface area contributed by atoms with Crippen molar-refractivity contribution in [2.24, 2.45) is 0 Å². The highest BCUT2D eigenvalue weighted by molar-refractivity contribution is 6.32. The molecule has 0 spiro atoms. The standard InChI is InChI=1S/C26H21ClFN3O4/c1-2-34-23-14-17(12-18(15-29)26(33)31-20-6-4-3-5-7-20)13-22(27)25(23)35-16-24(32)30-21-10-8-19(28)9-11-21/h3-14H,2,16H2,1H3,(H,30,32)(H,31,33). The third kappa shape index (κ3) is 7.32. The van der Waals surface area contributed by atoms with Gasteiger partial charge in [0.05, 0.1) is 11.6 Å². The number of anilines is 2. The first-order valence-corrected chi connectivity index (χ1v) is 10.9. The summed E-state index contributed by atoms with van der Waals surface area (Å²) in [5.74, 6) is -1.11. The molecule has 178 valence electrons. The number of amides is 2. The summed E-state index contributed by atoms with van der Waals surface area (Å²) in [5, 5.41) is 14.8. The predicted octanol–water partition coefficient (Wildman–Crippen LogP) is 5.44. The quantitative estimate of drug-likeness (QED) is 0.305. The molecule has 0 aromatic heterocycles. The summed E-state index contributed by atoms with van der Waals surface area (Å²) in [5.41, 5.74) is 1.25. The molecule has 0 saturated carbocycles. The zero-order valence-corrected chi connectivity index (χ0v) is 19.4. The molecule has 0 aliphatic carbocycles. The van der Waals surface area contributed by atoms with Crippen molar-refractivity contribution in [3.63, 3.8) is 0 Å². The fourth-order valence-electron chi connectivity index (χ4n) is 2.98. The average molecular weight is 494 g/mol. The van der Waals surface area contributed by atoms with Crippen molar-refractivity contribution in [3.05, 3.63) is 88.7 Å². The highest BCUT2D eigenvalue weighted by atomic mass is 35.5. The van der Waals surface area contributed by atoms with E-state index in [0.29, 0.717) is 16.9 Å². The van der Waals surface area contributed by atoms with Crippen LogP contribution in [0, 0.1) is 17.1 Å². The smallest absolute Gasteiger partial charge is 0.266 e. The Morgan fingerprint density at radius 3 is 2.37 bits per heavy atom. The molecule has 9 heteroatoms. The lowest BCUT2D eigenvalue weighted by Gasteiger charge is -2.14. The Labute approximate surface area is 206 Å². The third-order valence-corrected chi connectivity index (χ3v) is 4.80. The number of para-hydroxylation sites is 1. The number of rotatable bonds is 9. The van der Waals surface area contributed by atoms with Crippen LogP contribution in [0.4, 0.5) is 15.8 Å². The van der Waals surface area contributed by atoms with E-state index in [1.54, 1.807) is 37.3 Å². The van der Waals surface area contributed by atoms with Crippen LogP contribution in [0.5, 0.6) is 11.5 Å². The molecule has 0 heterocycles. The second-order valence-corrected chi connectivity index (χ2v) is 7.50. The SMILES string of the molecule is CCOc1cc(C=C(C#N)C(=O)Nc2ccccc2)cc(Cl)c1OCC(=O)Nc1ccc(F)cc1. The lowest BCUT2D eigenvalue weighted by Crippen LogP contribution is -2.20. The van der Waals surface area contributed by atoms with Gasteiger partial charge in [-0.25, -0.2) is 4.39 Å². The summed E-state index contributed by atoms with van der Waals surface area (Å²) >= 11 is 6.38. The maximum atomic E-state index is 13.0. The van der Waals surface area contributed by atoms with Crippen molar-refractivity contribution in [2.45, 2.75) is 6.92 Å². The van der Waals surface area contributed by atoms with Crippen LogP contribution in [0.1, 0.15) is 12.5 Å². The molecule has 0 saturated heterocycles. The van der Waals surface area contributed by atoms with Gasteiger partial charge in [0.1, 0.15) is 17.5 Å². The molecule has 0 radical (unpaired) electrons. The van der Waals surface area contributed by atoms with Crippen molar-refractivity contribution >= 4 is 40.9 Å². The molecular weight excluding hydrogens is 473 g/mol. The zero-order valence-electron chi connectivity index (χ0n) is 18.7. The first kappa shape index (κ1) is 25.3. The fraction of sp³-hybridized carbons (Fsp3) is 0.115. The zero-order chi connectivity index (χ0) is 25.2. The molecule has 0 aliphatic rings. The number of halogens is 2. The first-order chi connectivity index (χ1) is 16.9.